The molecule has 2 aromatic heterocycles. The molecule has 0 aliphatic heterocycles. The third kappa shape index (κ3) is 3.41. The van der Waals surface area contributed by atoms with Crippen molar-refractivity contribution in [1.82, 2.24) is 0 Å². The lowest BCUT2D eigenvalue weighted by atomic mass is 9.80. The van der Waals surface area contributed by atoms with Crippen molar-refractivity contribution < 1.29 is 0 Å². The Morgan fingerprint density at radius 1 is 0.467 bits per heavy atom. The summed E-state index contributed by atoms with van der Waals surface area (Å²) in [5.74, 6) is 0. The fourth-order valence-electron chi connectivity index (χ4n) is 8.06. The van der Waals surface area contributed by atoms with Gasteiger partial charge >= 0.3 is 0 Å². The summed E-state index contributed by atoms with van der Waals surface area (Å²) in [4.78, 5) is 0. The number of hydrogen-bond donors (Lipinski definition) is 0. The van der Waals surface area contributed by atoms with Crippen LogP contribution >= 0.6 is 22.7 Å². The summed E-state index contributed by atoms with van der Waals surface area (Å²) in [5, 5.41) is 11.7. The third-order valence-corrected chi connectivity index (χ3v) is 12.3. The van der Waals surface area contributed by atoms with E-state index in [4.69, 9.17) is 0 Å². The maximum Gasteiger partial charge on any atom is 0.0440 e. The molecule has 0 atom stereocenters. The van der Waals surface area contributed by atoms with Crippen LogP contribution < -0.4 is 0 Å². The van der Waals surface area contributed by atoms with Gasteiger partial charge in [-0.2, -0.15) is 0 Å². The highest BCUT2D eigenvalue weighted by atomic mass is 32.1. The molecule has 0 nitrogen and oxygen atoms in total. The summed E-state index contributed by atoms with van der Waals surface area (Å²) in [5.41, 5.74) is 10.8. The van der Waals surface area contributed by atoms with Crippen molar-refractivity contribution in [2.75, 3.05) is 0 Å². The Morgan fingerprint density at radius 2 is 1.13 bits per heavy atom. The second-order valence-corrected chi connectivity index (χ2v) is 14.8. The average molecular weight is 609 g/mol. The number of rotatable bonds is 2. The summed E-state index contributed by atoms with van der Waals surface area (Å²) < 4.78 is 4.05. The van der Waals surface area contributed by atoms with E-state index in [0.29, 0.717) is 0 Å². The fraction of sp³-hybridized carbons (Fsp3) is 0.0698. The van der Waals surface area contributed by atoms with Gasteiger partial charge in [0.1, 0.15) is 0 Å². The molecule has 45 heavy (non-hydrogen) atoms. The van der Waals surface area contributed by atoms with Crippen LogP contribution in [0.2, 0.25) is 0 Å². The zero-order valence-electron chi connectivity index (χ0n) is 25.0. The predicted molar refractivity (Wildman–Crippen MR) is 198 cm³/mol. The molecule has 0 saturated carbocycles. The lowest BCUT2D eigenvalue weighted by Gasteiger charge is -2.23. The maximum atomic E-state index is 2.50. The van der Waals surface area contributed by atoms with Gasteiger partial charge in [0, 0.05) is 46.6 Å². The topological polar surface area (TPSA) is 0 Å². The van der Waals surface area contributed by atoms with Gasteiger partial charge in [-0.15, -0.1) is 22.7 Å². The maximum absolute atomic E-state index is 2.50. The molecule has 0 unspecified atom stereocenters. The highest BCUT2D eigenvalue weighted by Gasteiger charge is 2.35. The lowest BCUT2D eigenvalue weighted by molar-refractivity contribution is 0.660. The highest BCUT2D eigenvalue weighted by molar-refractivity contribution is 7.26. The van der Waals surface area contributed by atoms with Gasteiger partial charge in [-0.25, -0.2) is 0 Å². The van der Waals surface area contributed by atoms with Gasteiger partial charge in [0.2, 0.25) is 0 Å². The third-order valence-electron chi connectivity index (χ3n) is 10.2. The van der Waals surface area contributed by atoms with Crippen LogP contribution in [0.3, 0.4) is 0 Å². The Labute approximate surface area is 269 Å². The first-order chi connectivity index (χ1) is 22.1. The predicted octanol–water partition coefficient (Wildman–Crippen LogP) is 13.2. The molecule has 0 saturated heterocycles. The minimum Gasteiger partial charge on any atom is -0.143 e. The molecule has 9 aromatic rings. The number of hydrogen-bond acceptors (Lipinski definition) is 2. The standard InChI is InChI=1S/C43H28S2/c1-43(2)35-16-8-5-11-26(35)27-20-19-25(23-36(27)43)39-30-14-3-4-15-31(30)41-33(40(39)34-24-44-37-17-9-6-13-29(34)37)22-21-32-28-12-7-10-18-38(28)45-42(32)41/h3-24H,1-2H3. The van der Waals surface area contributed by atoms with Gasteiger partial charge in [0.25, 0.3) is 0 Å². The Balaban J connectivity index is 1.39. The molecular weight excluding hydrogens is 581 g/mol. The van der Waals surface area contributed by atoms with Crippen LogP contribution in [0.4, 0.5) is 0 Å². The van der Waals surface area contributed by atoms with E-state index in [9.17, 15) is 0 Å². The Morgan fingerprint density at radius 3 is 2.00 bits per heavy atom. The molecule has 0 radical (unpaired) electrons. The smallest absolute Gasteiger partial charge is 0.0440 e. The quantitative estimate of drug-likeness (QED) is 0.171. The molecule has 1 aliphatic carbocycles. The van der Waals surface area contributed by atoms with Crippen LogP contribution in [-0.2, 0) is 5.41 Å². The van der Waals surface area contributed by atoms with Crippen LogP contribution in [-0.4, -0.2) is 0 Å². The van der Waals surface area contributed by atoms with Crippen LogP contribution in [0.5, 0.6) is 0 Å². The van der Waals surface area contributed by atoms with Crippen LogP contribution in [0.15, 0.2) is 133 Å². The summed E-state index contributed by atoms with van der Waals surface area (Å²) >= 11 is 3.78. The second-order valence-electron chi connectivity index (χ2n) is 12.8. The van der Waals surface area contributed by atoms with Gasteiger partial charge in [-0.05, 0) is 78.7 Å². The first kappa shape index (κ1) is 25.6. The van der Waals surface area contributed by atoms with Gasteiger partial charge in [0.15, 0.2) is 0 Å². The molecule has 0 amide bonds. The van der Waals surface area contributed by atoms with Crippen molar-refractivity contribution >= 4 is 74.5 Å². The molecular formula is C43H28S2. The van der Waals surface area contributed by atoms with Crippen LogP contribution in [0.1, 0.15) is 25.0 Å². The minimum atomic E-state index is -0.0624. The molecule has 0 fully saturated rings. The van der Waals surface area contributed by atoms with E-state index in [0.717, 1.165) is 0 Å². The normalized spacial score (nSPS) is 13.7. The van der Waals surface area contributed by atoms with E-state index in [1.807, 2.05) is 22.7 Å². The largest absolute Gasteiger partial charge is 0.143 e. The van der Waals surface area contributed by atoms with Crippen molar-refractivity contribution in [3.8, 4) is 33.4 Å². The molecule has 1 aliphatic rings. The molecule has 0 spiro atoms. The summed E-state index contributed by atoms with van der Waals surface area (Å²) in [6.45, 7) is 4.76. The minimum absolute atomic E-state index is 0.0624. The SMILES string of the molecule is CC1(C)c2ccccc2-c2ccc(-c3c(-c4csc5ccccc45)c4ccc5c6ccccc6sc5c4c4ccccc34)cc21. The van der Waals surface area contributed by atoms with E-state index in [-0.39, 0.29) is 5.41 Å². The van der Waals surface area contributed by atoms with Crippen molar-refractivity contribution in [3.63, 3.8) is 0 Å². The Kier molecular flexibility index (Phi) is 5.19. The Bertz CT molecular complexity index is 2680. The molecule has 10 rings (SSSR count). The molecule has 7 aromatic carbocycles. The molecule has 0 bridgehead atoms. The molecule has 2 heterocycles. The van der Waals surface area contributed by atoms with Crippen molar-refractivity contribution in [2.45, 2.75) is 19.3 Å². The van der Waals surface area contributed by atoms with Gasteiger partial charge in [-0.1, -0.05) is 123 Å². The molecule has 212 valence electrons. The fourth-order valence-corrected chi connectivity index (χ4v) is 10.3. The van der Waals surface area contributed by atoms with Gasteiger partial charge in [-0.3, -0.25) is 0 Å². The average Bonchev–Trinajstić information content (AvgIpc) is 3.75. The molecule has 2 heteroatoms. The van der Waals surface area contributed by atoms with Crippen molar-refractivity contribution in [3.05, 3.63) is 144 Å². The van der Waals surface area contributed by atoms with E-state index in [1.165, 1.54) is 96.3 Å². The first-order valence-electron chi connectivity index (χ1n) is 15.6. The van der Waals surface area contributed by atoms with E-state index in [2.05, 4.69) is 147 Å². The summed E-state index contributed by atoms with van der Waals surface area (Å²) in [6, 6.07) is 47.8. The lowest BCUT2D eigenvalue weighted by Crippen LogP contribution is -2.14. The van der Waals surface area contributed by atoms with Crippen molar-refractivity contribution in [1.29, 1.82) is 0 Å². The zero-order valence-corrected chi connectivity index (χ0v) is 26.7. The zero-order chi connectivity index (χ0) is 29.9. The van der Waals surface area contributed by atoms with Crippen molar-refractivity contribution in [2.24, 2.45) is 0 Å². The van der Waals surface area contributed by atoms with E-state index in [1.54, 1.807) is 0 Å². The van der Waals surface area contributed by atoms with Gasteiger partial charge < -0.3 is 0 Å². The second kappa shape index (κ2) is 9.14. The first-order valence-corrected chi connectivity index (χ1v) is 17.3. The number of fused-ring (bicyclic) bond motifs is 11. The highest BCUT2D eigenvalue weighted by Crippen LogP contribution is 2.54. The molecule has 0 N–H and O–H groups in total. The van der Waals surface area contributed by atoms with E-state index >= 15 is 0 Å². The number of thiophene rings is 2. The van der Waals surface area contributed by atoms with Gasteiger partial charge in [0.05, 0.1) is 0 Å². The summed E-state index contributed by atoms with van der Waals surface area (Å²) in [7, 11) is 0. The summed E-state index contributed by atoms with van der Waals surface area (Å²) in [6.07, 6.45) is 0. The number of benzene rings is 7. The Hall–Kier alpha value is -4.76. The van der Waals surface area contributed by atoms with Crippen LogP contribution in [0, 0.1) is 0 Å². The van der Waals surface area contributed by atoms with E-state index < -0.39 is 0 Å². The van der Waals surface area contributed by atoms with Crippen LogP contribution in [0.25, 0.3) is 85.2 Å². The monoisotopic (exact) mass is 608 g/mol.